The van der Waals surface area contributed by atoms with E-state index in [1.807, 2.05) is 0 Å². The van der Waals surface area contributed by atoms with E-state index in [2.05, 4.69) is 24.1 Å². The standard InChI is InChI=1S/C10H14N4O2S/c1-7(2)3-4-11-8-9(14(15)16)13-5-6-17-10(13)12-8/h5-7,11H,3-4H2,1-2H3. The lowest BCUT2D eigenvalue weighted by Crippen LogP contribution is -2.07. The molecule has 0 saturated heterocycles. The Labute approximate surface area is 102 Å². The van der Waals surface area contributed by atoms with Gasteiger partial charge in [0, 0.05) is 11.9 Å². The predicted molar refractivity (Wildman–Crippen MR) is 67.7 cm³/mol. The second-order valence-electron chi connectivity index (χ2n) is 4.21. The number of nitro groups is 1. The SMILES string of the molecule is CC(C)CCNc1nc2sccn2c1[N+](=O)[O-]. The van der Waals surface area contributed by atoms with Gasteiger partial charge in [0.15, 0.2) is 0 Å². The lowest BCUT2D eigenvalue weighted by molar-refractivity contribution is -0.389. The smallest absolute Gasteiger partial charge is 0.363 e. The molecule has 6 nitrogen and oxygen atoms in total. The van der Waals surface area contributed by atoms with Crippen LogP contribution in [0.5, 0.6) is 0 Å². The van der Waals surface area contributed by atoms with Crippen molar-refractivity contribution in [1.82, 2.24) is 9.38 Å². The van der Waals surface area contributed by atoms with Gasteiger partial charge in [-0.1, -0.05) is 25.2 Å². The first kappa shape index (κ1) is 11.8. The Kier molecular flexibility index (Phi) is 3.28. The molecule has 0 bridgehead atoms. The normalized spacial score (nSPS) is 11.2. The molecule has 2 aromatic rings. The van der Waals surface area contributed by atoms with Gasteiger partial charge >= 0.3 is 5.82 Å². The van der Waals surface area contributed by atoms with Crippen LogP contribution < -0.4 is 5.32 Å². The molecule has 1 N–H and O–H groups in total. The Balaban J connectivity index is 2.23. The molecule has 0 aliphatic heterocycles. The van der Waals surface area contributed by atoms with E-state index in [9.17, 15) is 10.1 Å². The van der Waals surface area contributed by atoms with Crippen LogP contribution in [-0.2, 0) is 0 Å². The molecule has 2 heterocycles. The zero-order chi connectivity index (χ0) is 12.4. The first-order chi connectivity index (χ1) is 8.09. The molecule has 2 aromatic heterocycles. The highest BCUT2D eigenvalue weighted by Crippen LogP contribution is 2.27. The summed E-state index contributed by atoms with van der Waals surface area (Å²) in [5.41, 5.74) is 0. The molecule has 2 rings (SSSR count). The molecule has 0 saturated carbocycles. The Bertz CT molecular complexity index is 531. The third-order valence-electron chi connectivity index (χ3n) is 2.42. The van der Waals surface area contributed by atoms with Crippen molar-refractivity contribution in [1.29, 1.82) is 0 Å². The van der Waals surface area contributed by atoms with E-state index in [-0.39, 0.29) is 5.82 Å². The minimum atomic E-state index is -0.398. The van der Waals surface area contributed by atoms with Crippen LogP contribution in [0.1, 0.15) is 20.3 Å². The Morgan fingerprint density at radius 1 is 1.65 bits per heavy atom. The van der Waals surface area contributed by atoms with Gasteiger partial charge in [0.2, 0.25) is 5.82 Å². The fraction of sp³-hybridized carbons (Fsp3) is 0.500. The summed E-state index contributed by atoms with van der Waals surface area (Å²) in [6.07, 6.45) is 2.63. The van der Waals surface area contributed by atoms with Crippen LogP contribution in [0.15, 0.2) is 11.6 Å². The van der Waals surface area contributed by atoms with Crippen LogP contribution in [0.25, 0.3) is 4.96 Å². The number of aromatic nitrogens is 2. The van der Waals surface area contributed by atoms with Gasteiger partial charge in [-0.3, -0.25) is 0 Å². The summed E-state index contributed by atoms with van der Waals surface area (Å²) >= 11 is 1.39. The fourth-order valence-electron chi connectivity index (χ4n) is 1.55. The number of rotatable bonds is 5. The van der Waals surface area contributed by atoms with E-state index >= 15 is 0 Å². The maximum absolute atomic E-state index is 11.0. The van der Waals surface area contributed by atoms with Gasteiger partial charge in [-0.2, -0.15) is 9.38 Å². The van der Waals surface area contributed by atoms with Crippen molar-refractivity contribution in [3.8, 4) is 0 Å². The van der Waals surface area contributed by atoms with Crippen LogP contribution in [0, 0.1) is 16.0 Å². The van der Waals surface area contributed by atoms with Crippen LogP contribution in [-0.4, -0.2) is 20.9 Å². The van der Waals surface area contributed by atoms with Gasteiger partial charge < -0.3 is 15.4 Å². The summed E-state index contributed by atoms with van der Waals surface area (Å²) < 4.78 is 1.50. The summed E-state index contributed by atoms with van der Waals surface area (Å²) in [5.74, 6) is 0.942. The summed E-state index contributed by atoms with van der Waals surface area (Å²) in [5, 5.41) is 15.8. The highest BCUT2D eigenvalue weighted by Gasteiger charge is 2.22. The van der Waals surface area contributed by atoms with Crippen molar-refractivity contribution >= 4 is 27.9 Å². The minimum absolute atomic E-state index is 0.0185. The third-order valence-corrected chi connectivity index (χ3v) is 3.18. The number of nitrogens with zero attached hydrogens (tertiary/aromatic N) is 3. The van der Waals surface area contributed by atoms with E-state index < -0.39 is 4.92 Å². The third kappa shape index (κ3) is 2.38. The van der Waals surface area contributed by atoms with Crippen molar-refractivity contribution in [3.63, 3.8) is 0 Å². The molecule has 0 fully saturated rings. The van der Waals surface area contributed by atoms with E-state index in [4.69, 9.17) is 0 Å². The molecular formula is C10H14N4O2S. The zero-order valence-corrected chi connectivity index (χ0v) is 10.5. The number of thiazole rings is 1. The predicted octanol–water partition coefficient (Wildman–Crippen LogP) is 2.76. The summed E-state index contributed by atoms with van der Waals surface area (Å²) in [7, 11) is 0. The number of hydrogen-bond donors (Lipinski definition) is 1. The fourth-order valence-corrected chi connectivity index (χ4v) is 2.26. The second kappa shape index (κ2) is 4.70. The molecule has 0 amide bonds. The number of anilines is 1. The van der Waals surface area contributed by atoms with Gasteiger partial charge in [-0.15, -0.1) is 0 Å². The average Bonchev–Trinajstić information content (AvgIpc) is 2.75. The van der Waals surface area contributed by atoms with E-state index in [0.29, 0.717) is 23.2 Å². The van der Waals surface area contributed by atoms with Crippen molar-refractivity contribution < 1.29 is 4.92 Å². The summed E-state index contributed by atoms with van der Waals surface area (Å²) in [6, 6.07) is 0. The number of hydrogen-bond acceptors (Lipinski definition) is 5. The lowest BCUT2D eigenvalue weighted by atomic mass is 10.1. The monoisotopic (exact) mass is 254 g/mol. The molecule has 92 valence electrons. The highest BCUT2D eigenvalue weighted by atomic mass is 32.1. The molecule has 0 aromatic carbocycles. The molecule has 7 heteroatoms. The zero-order valence-electron chi connectivity index (χ0n) is 9.71. The van der Waals surface area contributed by atoms with Crippen molar-refractivity contribution in [3.05, 3.63) is 21.7 Å². The van der Waals surface area contributed by atoms with Gasteiger partial charge in [-0.05, 0) is 17.3 Å². The largest absolute Gasteiger partial charge is 0.372 e. The second-order valence-corrected chi connectivity index (χ2v) is 5.08. The maximum atomic E-state index is 11.0. The number of imidazole rings is 1. The van der Waals surface area contributed by atoms with Crippen molar-refractivity contribution in [2.45, 2.75) is 20.3 Å². The minimum Gasteiger partial charge on any atom is -0.363 e. The van der Waals surface area contributed by atoms with Crippen molar-refractivity contribution in [2.24, 2.45) is 5.92 Å². The van der Waals surface area contributed by atoms with Gasteiger partial charge in [0.1, 0.15) is 6.20 Å². The Morgan fingerprint density at radius 2 is 2.41 bits per heavy atom. The Hall–Kier alpha value is -1.63. The summed E-state index contributed by atoms with van der Waals surface area (Å²) in [6.45, 7) is 4.92. The molecular weight excluding hydrogens is 240 g/mol. The summed E-state index contributed by atoms with van der Waals surface area (Å²) in [4.78, 5) is 15.5. The van der Waals surface area contributed by atoms with Crippen LogP contribution >= 0.6 is 11.3 Å². The van der Waals surface area contributed by atoms with Gasteiger partial charge in [-0.25, -0.2) is 0 Å². The first-order valence-electron chi connectivity index (χ1n) is 5.43. The van der Waals surface area contributed by atoms with Crippen LogP contribution in [0.2, 0.25) is 0 Å². The van der Waals surface area contributed by atoms with Crippen LogP contribution in [0.4, 0.5) is 11.6 Å². The molecule has 0 spiro atoms. The number of fused-ring (bicyclic) bond motifs is 1. The van der Waals surface area contributed by atoms with E-state index in [0.717, 1.165) is 6.42 Å². The van der Waals surface area contributed by atoms with Gasteiger partial charge in [0.25, 0.3) is 4.96 Å². The molecule has 0 aliphatic carbocycles. The van der Waals surface area contributed by atoms with Gasteiger partial charge in [0.05, 0.1) is 0 Å². The van der Waals surface area contributed by atoms with E-state index in [1.54, 1.807) is 11.6 Å². The average molecular weight is 254 g/mol. The number of nitrogens with one attached hydrogen (secondary N) is 1. The molecule has 0 aliphatic rings. The molecule has 17 heavy (non-hydrogen) atoms. The topological polar surface area (TPSA) is 72.5 Å². The quantitative estimate of drug-likeness (QED) is 0.657. The molecule has 0 atom stereocenters. The molecule has 0 unspecified atom stereocenters. The first-order valence-corrected chi connectivity index (χ1v) is 6.31. The lowest BCUT2D eigenvalue weighted by Gasteiger charge is -2.05. The Morgan fingerprint density at radius 3 is 3.06 bits per heavy atom. The van der Waals surface area contributed by atoms with Crippen LogP contribution in [0.3, 0.4) is 0 Å². The maximum Gasteiger partial charge on any atom is 0.372 e. The van der Waals surface area contributed by atoms with E-state index in [1.165, 1.54) is 15.7 Å². The highest BCUT2D eigenvalue weighted by molar-refractivity contribution is 7.15. The van der Waals surface area contributed by atoms with Crippen molar-refractivity contribution in [2.75, 3.05) is 11.9 Å². The molecule has 0 radical (unpaired) electrons.